The molecule has 0 aromatic heterocycles. The first-order chi connectivity index (χ1) is 5.65. The van der Waals surface area contributed by atoms with E-state index in [1.54, 1.807) is 0 Å². The van der Waals surface area contributed by atoms with Gasteiger partial charge in [0, 0.05) is 6.54 Å². The Morgan fingerprint density at radius 3 is 2.83 bits per heavy atom. The Hall–Kier alpha value is -0.930. The molecule has 1 unspecified atom stereocenters. The highest BCUT2D eigenvalue weighted by Gasteiger charge is 2.30. The van der Waals surface area contributed by atoms with Crippen molar-refractivity contribution in [1.29, 1.82) is 0 Å². The molecule has 0 aromatic carbocycles. The molecule has 0 aliphatic carbocycles. The maximum atomic E-state index is 12.3. The van der Waals surface area contributed by atoms with Crippen LogP contribution in [0, 0.1) is 0 Å². The van der Waals surface area contributed by atoms with Crippen molar-refractivity contribution in [3.63, 3.8) is 0 Å². The zero-order valence-electron chi connectivity index (χ0n) is 6.67. The summed E-state index contributed by atoms with van der Waals surface area (Å²) in [5, 5.41) is 0. The number of rotatable bonds is 2. The lowest BCUT2D eigenvalue weighted by molar-refractivity contribution is -0.124. The smallest absolute Gasteiger partial charge is 0.258 e. The molecule has 0 radical (unpaired) electrons. The molecule has 0 N–H and O–H groups in total. The van der Waals surface area contributed by atoms with Gasteiger partial charge in [-0.1, -0.05) is 12.2 Å². The number of likely N-dealkylation sites (tertiary alicyclic amines) is 1. The molecule has 2 nitrogen and oxygen atoms in total. The number of alkyl halides is 2. The van der Waals surface area contributed by atoms with E-state index in [0.29, 0.717) is 19.4 Å². The summed E-state index contributed by atoms with van der Waals surface area (Å²) in [5.74, 6) is 0. The van der Waals surface area contributed by atoms with Gasteiger partial charge < -0.3 is 4.90 Å². The van der Waals surface area contributed by atoms with Crippen molar-refractivity contribution in [2.75, 3.05) is 6.54 Å². The molecular formula is C8H11F2NO. The summed E-state index contributed by atoms with van der Waals surface area (Å²) >= 11 is 0. The predicted molar refractivity (Wildman–Crippen MR) is 40.9 cm³/mol. The number of halogens is 2. The molecule has 1 atom stereocenters. The Labute approximate surface area is 69.9 Å². The van der Waals surface area contributed by atoms with Gasteiger partial charge in [0.2, 0.25) is 6.41 Å². The van der Waals surface area contributed by atoms with E-state index in [2.05, 4.69) is 6.58 Å². The fourth-order valence-electron chi connectivity index (χ4n) is 1.33. The van der Waals surface area contributed by atoms with Gasteiger partial charge in [0.15, 0.2) is 0 Å². The number of carbonyl (C=O) groups excluding carboxylic acids is 1. The van der Waals surface area contributed by atoms with E-state index in [-0.39, 0.29) is 6.42 Å². The van der Waals surface area contributed by atoms with Crippen LogP contribution in [0.2, 0.25) is 0 Å². The third-order valence-electron chi connectivity index (χ3n) is 2.07. The third-order valence-corrected chi connectivity index (χ3v) is 2.07. The van der Waals surface area contributed by atoms with E-state index in [1.807, 2.05) is 0 Å². The largest absolute Gasteiger partial charge is 0.336 e. The Balaban J connectivity index is 2.63. The molecule has 1 aliphatic rings. The molecule has 0 bridgehead atoms. The lowest BCUT2D eigenvalue weighted by Gasteiger charge is -2.33. The Bertz CT molecular complexity index is 193. The zero-order valence-corrected chi connectivity index (χ0v) is 6.67. The third kappa shape index (κ3) is 1.81. The normalized spacial score (nSPS) is 24.8. The van der Waals surface area contributed by atoms with E-state index in [4.69, 9.17) is 0 Å². The highest BCUT2D eigenvalue weighted by Crippen LogP contribution is 2.23. The second-order valence-electron chi connectivity index (χ2n) is 2.95. The summed E-state index contributed by atoms with van der Waals surface area (Å²) in [6, 6.07) is -0.955. The maximum absolute atomic E-state index is 12.3. The maximum Gasteiger partial charge on any atom is 0.258 e. The average molecular weight is 175 g/mol. The van der Waals surface area contributed by atoms with Crippen molar-refractivity contribution in [2.24, 2.45) is 0 Å². The van der Waals surface area contributed by atoms with Crippen LogP contribution in [-0.4, -0.2) is 30.3 Å². The van der Waals surface area contributed by atoms with Gasteiger partial charge in [0.05, 0.1) is 6.04 Å². The molecule has 1 aliphatic heterocycles. The van der Waals surface area contributed by atoms with Crippen LogP contribution in [0.1, 0.15) is 12.8 Å². The topological polar surface area (TPSA) is 20.3 Å². The van der Waals surface area contributed by atoms with E-state index in [9.17, 15) is 13.6 Å². The highest BCUT2D eigenvalue weighted by atomic mass is 19.3. The van der Waals surface area contributed by atoms with Crippen LogP contribution in [0.25, 0.3) is 0 Å². The van der Waals surface area contributed by atoms with Gasteiger partial charge in [0.1, 0.15) is 0 Å². The fraction of sp³-hybridized carbons (Fsp3) is 0.625. The minimum atomic E-state index is -2.47. The van der Waals surface area contributed by atoms with Crippen LogP contribution in [0.5, 0.6) is 0 Å². The summed E-state index contributed by atoms with van der Waals surface area (Å²) in [6.45, 7) is 4.01. The SMILES string of the molecule is C=C1CCN(C=O)C(C(F)F)C1. The fourth-order valence-corrected chi connectivity index (χ4v) is 1.33. The van der Waals surface area contributed by atoms with Crippen molar-refractivity contribution in [3.8, 4) is 0 Å². The lowest BCUT2D eigenvalue weighted by atomic mass is 9.99. The molecule has 1 amide bonds. The molecule has 68 valence electrons. The molecule has 4 heteroatoms. The minimum Gasteiger partial charge on any atom is -0.336 e. The molecule has 1 heterocycles. The highest BCUT2D eigenvalue weighted by molar-refractivity contribution is 5.48. The summed E-state index contributed by atoms with van der Waals surface area (Å²) in [4.78, 5) is 11.5. The number of carbonyl (C=O) groups is 1. The molecule has 1 rings (SSSR count). The molecule has 1 saturated heterocycles. The molecule has 12 heavy (non-hydrogen) atoms. The lowest BCUT2D eigenvalue weighted by Crippen LogP contribution is -2.43. The Kier molecular flexibility index (Phi) is 2.78. The van der Waals surface area contributed by atoms with Gasteiger partial charge in [0.25, 0.3) is 6.43 Å². The quantitative estimate of drug-likeness (QED) is 0.459. The van der Waals surface area contributed by atoms with E-state index in [1.165, 1.54) is 0 Å². The number of hydrogen-bond acceptors (Lipinski definition) is 1. The molecule has 0 saturated carbocycles. The summed E-state index contributed by atoms with van der Waals surface area (Å²) in [7, 11) is 0. The summed E-state index contributed by atoms with van der Waals surface area (Å²) in [5.41, 5.74) is 0.804. The van der Waals surface area contributed by atoms with Crippen LogP contribution < -0.4 is 0 Å². The van der Waals surface area contributed by atoms with Crippen LogP contribution in [0.15, 0.2) is 12.2 Å². The minimum absolute atomic E-state index is 0.233. The molecule has 0 spiro atoms. The van der Waals surface area contributed by atoms with Crippen molar-refractivity contribution in [1.82, 2.24) is 4.90 Å². The number of amides is 1. The standard InChI is InChI=1S/C8H11F2NO/c1-6-2-3-11(5-12)7(4-6)8(9)10/h5,7-8H,1-4H2. The first-order valence-electron chi connectivity index (χ1n) is 3.81. The van der Waals surface area contributed by atoms with Gasteiger partial charge in [-0.2, -0.15) is 0 Å². The van der Waals surface area contributed by atoms with E-state index < -0.39 is 12.5 Å². The van der Waals surface area contributed by atoms with Gasteiger partial charge in [-0.05, 0) is 12.8 Å². The van der Waals surface area contributed by atoms with E-state index in [0.717, 1.165) is 10.5 Å². The van der Waals surface area contributed by atoms with Gasteiger partial charge in [-0.3, -0.25) is 4.79 Å². The summed E-state index contributed by atoms with van der Waals surface area (Å²) < 4.78 is 24.6. The van der Waals surface area contributed by atoms with Crippen molar-refractivity contribution in [2.45, 2.75) is 25.3 Å². The van der Waals surface area contributed by atoms with Gasteiger partial charge >= 0.3 is 0 Å². The van der Waals surface area contributed by atoms with E-state index >= 15 is 0 Å². The second kappa shape index (κ2) is 3.65. The van der Waals surface area contributed by atoms with Crippen LogP contribution in [0.3, 0.4) is 0 Å². The zero-order chi connectivity index (χ0) is 9.14. The van der Waals surface area contributed by atoms with Crippen LogP contribution in [0.4, 0.5) is 8.78 Å². The van der Waals surface area contributed by atoms with Crippen LogP contribution >= 0.6 is 0 Å². The molecule has 1 fully saturated rings. The Morgan fingerprint density at radius 2 is 2.33 bits per heavy atom. The second-order valence-corrected chi connectivity index (χ2v) is 2.95. The molecular weight excluding hydrogens is 164 g/mol. The Morgan fingerprint density at radius 1 is 1.67 bits per heavy atom. The summed E-state index contributed by atoms with van der Waals surface area (Å²) in [6.07, 6.45) is -1.10. The van der Waals surface area contributed by atoms with Crippen molar-refractivity contribution < 1.29 is 13.6 Å². The number of piperidine rings is 1. The first-order valence-corrected chi connectivity index (χ1v) is 3.81. The van der Waals surface area contributed by atoms with Gasteiger partial charge in [-0.15, -0.1) is 0 Å². The molecule has 0 aromatic rings. The number of nitrogens with zero attached hydrogens (tertiary/aromatic N) is 1. The monoisotopic (exact) mass is 175 g/mol. The van der Waals surface area contributed by atoms with Crippen molar-refractivity contribution >= 4 is 6.41 Å². The predicted octanol–water partition coefficient (Wildman–Crippen LogP) is 1.43. The van der Waals surface area contributed by atoms with Crippen molar-refractivity contribution in [3.05, 3.63) is 12.2 Å². The average Bonchev–Trinajstić information content (AvgIpc) is 2.04. The van der Waals surface area contributed by atoms with Crippen LogP contribution in [-0.2, 0) is 4.79 Å². The van der Waals surface area contributed by atoms with Gasteiger partial charge in [-0.25, -0.2) is 8.78 Å². The first kappa shape index (κ1) is 9.16. The number of hydrogen-bond donors (Lipinski definition) is 0.